The molecule has 1 amide bonds. The minimum atomic E-state index is -0.282. The van der Waals surface area contributed by atoms with Crippen molar-refractivity contribution in [1.29, 1.82) is 0 Å². The molecule has 8 nitrogen and oxygen atoms in total. The summed E-state index contributed by atoms with van der Waals surface area (Å²) in [6.07, 6.45) is 4.53. The number of anilines is 1. The largest absolute Gasteiger partial charge is 0.494 e. The van der Waals surface area contributed by atoms with Crippen molar-refractivity contribution >= 4 is 17.7 Å². The number of carbonyl (C=O) groups excluding carboxylic acids is 1. The molecule has 0 bridgehead atoms. The van der Waals surface area contributed by atoms with Crippen molar-refractivity contribution in [2.24, 2.45) is 0 Å². The Morgan fingerprint density at radius 1 is 1.38 bits per heavy atom. The number of hydrogen-bond donors (Lipinski definition) is 1. The summed E-state index contributed by atoms with van der Waals surface area (Å²) in [6, 6.07) is 8.72. The van der Waals surface area contributed by atoms with Gasteiger partial charge in [-0.2, -0.15) is 4.68 Å². The number of aryl methyl sites for hydroxylation is 1. The van der Waals surface area contributed by atoms with Gasteiger partial charge in [0, 0.05) is 11.8 Å². The van der Waals surface area contributed by atoms with Gasteiger partial charge in [-0.1, -0.05) is 0 Å². The second kappa shape index (κ2) is 6.78. The highest BCUT2D eigenvalue weighted by Gasteiger charge is 2.11. The van der Waals surface area contributed by atoms with Gasteiger partial charge in [0.25, 0.3) is 0 Å². The van der Waals surface area contributed by atoms with Crippen LogP contribution in [0.15, 0.2) is 47.1 Å². The summed E-state index contributed by atoms with van der Waals surface area (Å²) in [5.41, 5.74) is 1.22. The number of methoxy groups -OCH3 is 1. The Morgan fingerprint density at radius 2 is 2.25 bits per heavy atom. The third-order valence-corrected chi connectivity index (χ3v) is 3.24. The van der Waals surface area contributed by atoms with E-state index in [1.165, 1.54) is 10.8 Å². The fourth-order valence-electron chi connectivity index (χ4n) is 2.12. The van der Waals surface area contributed by atoms with Crippen LogP contribution in [0, 0.1) is 6.92 Å². The van der Waals surface area contributed by atoms with Crippen LogP contribution in [0.25, 0.3) is 11.8 Å². The summed E-state index contributed by atoms with van der Waals surface area (Å²) in [5.74, 6) is 1.52. The predicted octanol–water partition coefficient (Wildman–Crippen LogP) is 2.22. The Bertz CT molecular complexity index is 868. The smallest absolute Gasteiger partial charge is 0.248 e. The molecular weight excluding hydrogens is 310 g/mol. The number of nitrogens with zero attached hydrogens (tertiary/aromatic N) is 4. The van der Waals surface area contributed by atoms with Crippen molar-refractivity contribution in [2.45, 2.75) is 6.92 Å². The number of aromatic nitrogens is 4. The highest BCUT2D eigenvalue weighted by Crippen LogP contribution is 2.26. The Kier molecular flexibility index (Phi) is 4.37. The normalized spacial score (nSPS) is 10.9. The van der Waals surface area contributed by atoms with Gasteiger partial charge in [0.15, 0.2) is 5.82 Å². The zero-order valence-corrected chi connectivity index (χ0v) is 13.1. The minimum Gasteiger partial charge on any atom is -0.494 e. The summed E-state index contributed by atoms with van der Waals surface area (Å²) in [4.78, 5) is 12.0. The molecule has 1 aromatic carbocycles. The maximum atomic E-state index is 12.0. The molecule has 0 saturated carbocycles. The van der Waals surface area contributed by atoms with Gasteiger partial charge in [0.1, 0.15) is 17.2 Å². The quantitative estimate of drug-likeness (QED) is 0.723. The Balaban J connectivity index is 1.82. The predicted molar refractivity (Wildman–Crippen MR) is 86.8 cm³/mol. The van der Waals surface area contributed by atoms with Crippen molar-refractivity contribution < 1.29 is 13.9 Å². The monoisotopic (exact) mass is 325 g/mol. The lowest BCUT2D eigenvalue weighted by Gasteiger charge is -2.11. The van der Waals surface area contributed by atoms with E-state index in [2.05, 4.69) is 20.8 Å². The average Bonchev–Trinajstić information content (AvgIpc) is 3.24. The van der Waals surface area contributed by atoms with Gasteiger partial charge >= 0.3 is 0 Å². The zero-order chi connectivity index (χ0) is 16.9. The van der Waals surface area contributed by atoms with Crippen LogP contribution in [0.1, 0.15) is 11.6 Å². The summed E-state index contributed by atoms with van der Waals surface area (Å²) in [6.45, 7) is 1.77. The zero-order valence-electron chi connectivity index (χ0n) is 13.1. The van der Waals surface area contributed by atoms with Crippen molar-refractivity contribution in [3.8, 4) is 11.4 Å². The summed E-state index contributed by atoms with van der Waals surface area (Å²) < 4.78 is 12.0. The highest BCUT2D eigenvalue weighted by atomic mass is 16.5. The van der Waals surface area contributed by atoms with E-state index in [0.717, 1.165) is 0 Å². The molecule has 0 spiro atoms. The molecule has 8 heteroatoms. The van der Waals surface area contributed by atoms with Crippen LogP contribution in [0.3, 0.4) is 0 Å². The van der Waals surface area contributed by atoms with E-state index in [-0.39, 0.29) is 5.91 Å². The van der Waals surface area contributed by atoms with Gasteiger partial charge in [-0.15, -0.1) is 5.10 Å². The number of tetrazole rings is 1. The Hall–Kier alpha value is -3.42. The van der Waals surface area contributed by atoms with Crippen LogP contribution >= 0.6 is 0 Å². The molecule has 1 N–H and O–H groups in total. The standard InChI is InChI=1S/C16H15N5O3/c1-11-18-19-20-21(11)14-10-12(5-7-15(14)23-2)17-16(22)8-6-13-4-3-9-24-13/h3-10H,1-2H3,(H,17,22). The number of furan rings is 1. The first kappa shape index (κ1) is 15.5. The maximum Gasteiger partial charge on any atom is 0.248 e. The molecule has 3 aromatic rings. The number of amides is 1. The summed E-state index contributed by atoms with van der Waals surface area (Å²) in [7, 11) is 1.56. The number of benzene rings is 1. The highest BCUT2D eigenvalue weighted by molar-refractivity contribution is 6.01. The van der Waals surface area contributed by atoms with Crippen molar-refractivity contribution in [2.75, 3.05) is 12.4 Å². The van der Waals surface area contributed by atoms with E-state index in [1.54, 1.807) is 56.7 Å². The van der Waals surface area contributed by atoms with E-state index < -0.39 is 0 Å². The van der Waals surface area contributed by atoms with E-state index in [9.17, 15) is 4.79 Å². The topological polar surface area (TPSA) is 95.1 Å². The SMILES string of the molecule is COc1ccc(NC(=O)C=Cc2ccco2)cc1-n1nnnc1C. The molecular formula is C16H15N5O3. The lowest BCUT2D eigenvalue weighted by atomic mass is 10.2. The second-order valence-corrected chi connectivity index (χ2v) is 4.86. The second-order valence-electron chi connectivity index (χ2n) is 4.86. The van der Waals surface area contributed by atoms with Crippen LogP contribution in [-0.2, 0) is 4.79 Å². The third-order valence-electron chi connectivity index (χ3n) is 3.24. The fourth-order valence-corrected chi connectivity index (χ4v) is 2.12. The van der Waals surface area contributed by atoms with Gasteiger partial charge < -0.3 is 14.5 Å². The molecule has 0 saturated heterocycles. The van der Waals surface area contributed by atoms with Gasteiger partial charge in [-0.05, 0) is 53.8 Å². The number of nitrogens with one attached hydrogen (secondary N) is 1. The van der Waals surface area contributed by atoms with Crippen molar-refractivity contribution in [1.82, 2.24) is 20.2 Å². The Morgan fingerprint density at radius 3 is 2.92 bits per heavy atom. The van der Waals surface area contributed by atoms with Crippen LogP contribution in [-0.4, -0.2) is 33.2 Å². The molecule has 122 valence electrons. The summed E-state index contributed by atoms with van der Waals surface area (Å²) in [5, 5.41) is 14.2. The Labute approximate surface area is 137 Å². The van der Waals surface area contributed by atoms with Crippen LogP contribution in [0.5, 0.6) is 5.75 Å². The molecule has 0 aliphatic rings. The number of carbonyl (C=O) groups is 1. The molecule has 0 unspecified atom stereocenters. The lowest BCUT2D eigenvalue weighted by molar-refractivity contribution is -0.111. The first-order valence-corrected chi connectivity index (χ1v) is 7.13. The van der Waals surface area contributed by atoms with Crippen molar-refractivity contribution in [3.63, 3.8) is 0 Å². The maximum absolute atomic E-state index is 12.0. The first-order valence-electron chi connectivity index (χ1n) is 7.13. The molecule has 3 rings (SSSR count). The van der Waals surface area contributed by atoms with Crippen molar-refractivity contribution in [3.05, 3.63) is 54.3 Å². The van der Waals surface area contributed by atoms with Gasteiger partial charge in [0.05, 0.1) is 13.4 Å². The average molecular weight is 325 g/mol. The number of hydrogen-bond acceptors (Lipinski definition) is 6. The van der Waals surface area contributed by atoms with Crippen LogP contribution in [0.4, 0.5) is 5.69 Å². The van der Waals surface area contributed by atoms with Crippen LogP contribution < -0.4 is 10.1 Å². The molecule has 0 atom stereocenters. The molecule has 0 aliphatic heterocycles. The van der Waals surface area contributed by atoms with E-state index in [1.807, 2.05) is 0 Å². The summed E-state index contributed by atoms with van der Waals surface area (Å²) >= 11 is 0. The molecule has 24 heavy (non-hydrogen) atoms. The first-order chi connectivity index (χ1) is 11.7. The van der Waals surface area contributed by atoms with E-state index in [4.69, 9.17) is 9.15 Å². The minimum absolute atomic E-state index is 0.282. The fraction of sp³-hybridized carbons (Fsp3) is 0.125. The number of rotatable bonds is 5. The molecule has 2 aromatic heterocycles. The lowest BCUT2D eigenvalue weighted by Crippen LogP contribution is -2.09. The molecule has 0 aliphatic carbocycles. The third kappa shape index (κ3) is 3.32. The number of ether oxygens (including phenoxy) is 1. The van der Waals surface area contributed by atoms with Crippen LogP contribution in [0.2, 0.25) is 0 Å². The molecule has 0 fully saturated rings. The van der Waals surface area contributed by atoms with Gasteiger partial charge in [-0.3, -0.25) is 4.79 Å². The molecule has 0 radical (unpaired) electrons. The molecule has 2 heterocycles. The van der Waals surface area contributed by atoms with E-state index in [0.29, 0.717) is 28.7 Å². The van der Waals surface area contributed by atoms with Gasteiger partial charge in [0.2, 0.25) is 5.91 Å². The van der Waals surface area contributed by atoms with Gasteiger partial charge in [-0.25, -0.2) is 0 Å². The van der Waals surface area contributed by atoms with E-state index >= 15 is 0 Å².